The summed E-state index contributed by atoms with van der Waals surface area (Å²) in [5, 5.41) is 5.86. The van der Waals surface area contributed by atoms with Crippen LogP contribution in [0.3, 0.4) is 0 Å². The summed E-state index contributed by atoms with van der Waals surface area (Å²) in [5.41, 5.74) is 2.57. The molecule has 0 bridgehead atoms. The van der Waals surface area contributed by atoms with E-state index in [1.54, 1.807) is 24.3 Å². The topological polar surface area (TPSA) is 15.3 Å². The van der Waals surface area contributed by atoms with Gasteiger partial charge in [0.25, 0.3) is 0 Å². The van der Waals surface area contributed by atoms with E-state index in [2.05, 4.69) is 33.8 Å². The van der Waals surface area contributed by atoms with Gasteiger partial charge in [-0.3, -0.25) is 0 Å². The third-order valence-corrected chi connectivity index (χ3v) is 5.37. The van der Waals surface area contributed by atoms with Gasteiger partial charge in [0.2, 0.25) is 0 Å². The molecule has 0 spiro atoms. The minimum atomic E-state index is -0.230. The lowest BCUT2D eigenvalue weighted by Crippen LogP contribution is -2.35. The van der Waals surface area contributed by atoms with E-state index in [-0.39, 0.29) is 5.82 Å². The van der Waals surface area contributed by atoms with Crippen molar-refractivity contribution in [2.24, 2.45) is 0 Å². The van der Waals surface area contributed by atoms with Crippen LogP contribution in [0.1, 0.15) is 16.0 Å². The van der Waals surface area contributed by atoms with E-state index in [1.165, 1.54) is 16.5 Å². The molecule has 134 valence electrons. The maximum atomic E-state index is 13.8. The Bertz CT molecular complexity index is 848. The van der Waals surface area contributed by atoms with E-state index < -0.39 is 0 Å². The van der Waals surface area contributed by atoms with Crippen LogP contribution in [0.25, 0.3) is 0 Å². The fourth-order valence-electron chi connectivity index (χ4n) is 2.62. The molecule has 0 atom stereocenters. The van der Waals surface area contributed by atoms with Crippen molar-refractivity contribution in [3.63, 3.8) is 0 Å². The zero-order valence-corrected chi connectivity index (χ0v) is 16.2. The van der Waals surface area contributed by atoms with Gasteiger partial charge in [-0.2, -0.15) is 0 Å². The molecule has 2 aromatic carbocycles. The molecule has 0 fully saturated rings. The Morgan fingerprint density at radius 2 is 1.92 bits per heavy atom. The summed E-state index contributed by atoms with van der Waals surface area (Å²) in [7, 11) is 0. The van der Waals surface area contributed by atoms with Crippen LogP contribution in [0.4, 0.5) is 10.1 Å². The second kappa shape index (κ2) is 8.92. The molecule has 3 aromatic rings. The Morgan fingerprint density at radius 3 is 2.62 bits per heavy atom. The normalized spacial score (nSPS) is 10.5. The van der Waals surface area contributed by atoms with E-state index in [1.807, 2.05) is 30.3 Å². The average Bonchev–Trinajstić information content (AvgIpc) is 3.15. The third-order valence-electron chi connectivity index (χ3n) is 4.15. The molecule has 0 saturated heterocycles. The molecule has 1 heterocycles. The SMILES string of the molecule is Cc1ccc(NC(=S)N(CCc2ccccc2)Cc2cccs2)cc1F. The molecule has 0 aliphatic rings. The highest BCUT2D eigenvalue weighted by Gasteiger charge is 2.12. The summed E-state index contributed by atoms with van der Waals surface area (Å²) in [6, 6.07) is 19.6. The summed E-state index contributed by atoms with van der Waals surface area (Å²) >= 11 is 7.33. The van der Waals surface area contributed by atoms with Crippen LogP contribution in [-0.4, -0.2) is 16.6 Å². The van der Waals surface area contributed by atoms with Crippen LogP contribution in [0.5, 0.6) is 0 Å². The molecule has 0 amide bonds. The standard InChI is InChI=1S/C21H21FN2S2/c1-16-9-10-18(14-20(16)22)23-21(25)24(15-19-8-5-13-26-19)12-11-17-6-3-2-4-7-17/h2-10,13-14H,11-12,15H2,1H3,(H,23,25). The lowest BCUT2D eigenvalue weighted by atomic mass is 10.1. The third kappa shape index (κ3) is 5.13. The fraction of sp³-hybridized carbons (Fsp3) is 0.190. The van der Waals surface area contributed by atoms with E-state index in [0.29, 0.717) is 16.4 Å². The van der Waals surface area contributed by atoms with Crippen LogP contribution in [0.15, 0.2) is 66.0 Å². The van der Waals surface area contributed by atoms with E-state index in [9.17, 15) is 4.39 Å². The first-order valence-corrected chi connectivity index (χ1v) is 9.79. The molecule has 0 radical (unpaired) electrons. The van der Waals surface area contributed by atoms with Crippen molar-refractivity contribution in [3.05, 3.63) is 87.9 Å². The van der Waals surface area contributed by atoms with Gasteiger partial charge in [-0.1, -0.05) is 42.5 Å². The predicted octanol–water partition coefficient (Wildman–Crippen LogP) is 5.64. The summed E-state index contributed by atoms with van der Waals surface area (Å²) in [5.74, 6) is -0.230. The summed E-state index contributed by atoms with van der Waals surface area (Å²) in [6.07, 6.45) is 0.899. The second-order valence-corrected chi connectivity index (χ2v) is 7.55. The van der Waals surface area contributed by atoms with Crippen molar-refractivity contribution in [3.8, 4) is 0 Å². The largest absolute Gasteiger partial charge is 0.344 e. The summed E-state index contributed by atoms with van der Waals surface area (Å²) < 4.78 is 13.8. The number of hydrogen-bond donors (Lipinski definition) is 1. The van der Waals surface area contributed by atoms with Gasteiger partial charge in [0, 0.05) is 17.1 Å². The number of anilines is 1. The first-order valence-electron chi connectivity index (χ1n) is 8.50. The molecule has 2 nitrogen and oxygen atoms in total. The highest BCUT2D eigenvalue weighted by atomic mass is 32.1. The number of nitrogens with zero attached hydrogens (tertiary/aromatic N) is 1. The van der Waals surface area contributed by atoms with Crippen LogP contribution in [0, 0.1) is 12.7 Å². The molecule has 1 N–H and O–H groups in total. The smallest absolute Gasteiger partial charge is 0.173 e. The van der Waals surface area contributed by atoms with Gasteiger partial charge in [0.05, 0.1) is 6.54 Å². The molecule has 0 aliphatic carbocycles. The molecule has 3 rings (SSSR count). The number of benzene rings is 2. The van der Waals surface area contributed by atoms with Crippen molar-refractivity contribution in [1.82, 2.24) is 4.90 Å². The first kappa shape index (κ1) is 18.5. The average molecular weight is 385 g/mol. The molecular weight excluding hydrogens is 363 g/mol. The van der Waals surface area contributed by atoms with Crippen LogP contribution >= 0.6 is 23.6 Å². The zero-order valence-electron chi connectivity index (χ0n) is 14.6. The van der Waals surface area contributed by atoms with Crippen molar-refractivity contribution >= 4 is 34.4 Å². The van der Waals surface area contributed by atoms with Gasteiger partial charge in [0.1, 0.15) is 5.82 Å². The van der Waals surface area contributed by atoms with Gasteiger partial charge in [-0.25, -0.2) is 4.39 Å². The summed E-state index contributed by atoms with van der Waals surface area (Å²) in [6.45, 7) is 3.28. The Morgan fingerprint density at radius 1 is 1.12 bits per heavy atom. The fourth-order valence-corrected chi connectivity index (χ4v) is 3.62. The first-order chi connectivity index (χ1) is 12.6. The maximum Gasteiger partial charge on any atom is 0.173 e. The van der Waals surface area contributed by atoms with Crippen molar-refractivity contribution < 1.29 is 4.39 Å². The number of nitrogens with one attached hydrogen (secondary N) is 1. The lowest BCUT2D eigenvalue weighted by Gasteiger charge is -2.25. The number of thiophene rings is 1. The van der Waals surface area contributed by atoms with Crippen molar-refractivity contribution in [2.45, 2.75) is 19.9 Å². The van der Waals surface area contributed by atoms with Gasteiger partial charge in [-0.05, 0) is 60.3 Å². The van der Waals surface area contributed by atoms with Crippen LogP contribution in [0.2, 0.25) is 0 Å². The van der Waals surface area contributed by atoms with Crippen LogP contribution < -0.4 is 5.32 Å². The molecule has 5 heteroatoms. The quantitative estimate of drug-likeness (QED) is 0.554. The molecule has 0 saturated carbocycles. The van der Waals surface area contributed by atoms with Crippen LogP contribution in [-0.2, 0) is 13.0 Å². The van der Waals surface area contributed by atoms with Crippen molar-refractivity contribution in [1.29, 1.82) is 0 Å². The molecule has 26 heavy (non-hydrogen) atoms. The van der Waals surface area contributed by atoms with Gasteiger partial charge in [0.15, 0.2) is 5.11 Å². The van der Waals surface area contributed by atoms with E-state index in [4.69, 9.17) is 12.2 Å². The van der Waals surface area contributed by atoms with Crippen molar-refractivity contribution in [2.75, 3.05) is 11.9 Å². The molecule has 0 aliphatic heterocycles. The summed E-state index contributed by atoms with van der Waals surface area (Å²) in [4.78, 5) is 3.38. The number of hydrogen-bond acceptors (Lipinski definition) is 2. The van der Waals surface area contributed by atoms with E-state index >= 15 is 0 Å². The van der Waals surface area contributed by atoms with Gasteiger partial charge in [-0.15, -0.1) is 11.3 Å². The predicted molar refractivity (Wildman–Crippen MR) is 112 cm³/mol. The second-order valence-electron chi connectivity index (χ2n) is 6.13. The minimum absolute atomic E-state index is 0.230. The lowest BCUT2D eigenvalue weighted by molar-refractivity contribution is 0.427. The molecule has 1 aromatic heterocycles. The Hall–Kier alpha value is -2.24. The molecular formula is C21H21FN2S2. The monoisotopic (exact) mass is 384 g/mol. The number of aryl methyl sites for hydroxylation is 1. The van der Waals surface area contributed by atoms with Gasteiger partial charge < -0.3 is 10.2 Å². The maximum absolute atomic E-state index is 13.8. The Balaban J connectivity index is 1.70. The Kier molecular flexibility index (Phi) is 6.36. The minimum Gasteiger partial charge on any atom is -0.344 e. The Labute approximate surface area is 163 Å². The number of halogens is 1. The van der Waals surface area contributed by atoms with E-state index in [0.717, 1.165) is 19.5 Å². The highest BCUT2D eigenvalue weighted by molar-refractivity contribution is 7.80. The van der Waals surface area contributed by atoms with Gasteiger partial charge >= 0.3 is 0 Å². The molecule has 0 unspecified atom stereocenters. The zero-order chi connectivity index (χ0) is 18.4. The number of thiocarbonyl (C=S) groups is 1. The number of rotatable bonds is 6. The highest BCUT2D eigenvalue weighted by Crippen LogP contribution is 2.17.